The third-order valence-corrected chi connectivity index (χ3v) is 4.25. The molecule has 1 heterocycles. The molecule has 0 fully saturated rings. The van der Waals surface area contributed by atoms with E-state index in [0.29, 0.717) is 10.7 Å². The molecule has 0 N–H and O–H groups in total. The minimum absolute atomic E-state index is 0.0542. The summed E-state index contributed by atoms with van der Waals surface area (Å²) in [6, 6.07) is 6.79. The fourth-order valence-corrected chi connectivity index (χ4v) is 2.48. The Morgan fingerprint density at radius 1 is 1.30 bits per heavy atom. The Bertz CT molecular complexity index is 740. The van der Waals surface area contributed by atoms with Crippen LogP contribution in [0.2, 0.25) is 5.02 Å². The molecule has 1 aromatic carbocycles. The van der Waals surface area contributed by atoms with Crippen LogP contribution in [0.4, 0.5) is 0 Å². The number of hydrogen-bond acceptors (Lipinski definition) is 6. The van der Waals surface area contributed by atoms with Gasteiger partial charge in [-0.2, -0.15) is 0 Å². The van der Waals surface area contributed by atoms with Gasteiger partial charge < -0.3 is 4.74 Å². The molecular formula is C15H12BrClN2O3S. The lowest BCUT2D eigenvalue weighted by atomic mass is 10.1. The number of Topliss-reactive ketones (excluding diaryl/α,β-unsaturated/α-hetero) is 1. The summed E-state index contributed by atoms with van der Waals surface area (Å²) >= 11 is 10.5. The van der Waals surface area contributed by atoms with Crippen molar-refractivity contribution in [2.24, 2.45) is 0 Å². The molecule has 120 valence electrons. The van der Waals surface area contributed by atoms with E-state index in [1.54, 1.807) is 30.5 Å². The summed E-state index contributed by atoms with van der Waals surface area (Å²) in [5.74, 6) is -1.06. The van der Waals surface area contributed by atoms with E-state index in [2.05, 4.69) is 25.9 Å². The summed E-state index contributed by atoms with van der Waals surface area (Å²) in [4.78, 5) is 32.4. The number of benzene rings is 1. The zero-order chi connectivity index (χ0) is 17.0. The molecule has 0 amide bonds. The third-order valence-electron chi connectivity index (χ3n) is 2.88. The maximum atomic E-state index is 12.3. The van der Waals surface area contributed by atoms with Gasteiger partial charge in [-0.15, -0.1) is 0 Å². The number of ether oxygens (including phenoxy) is 1. The molecule has 0 aliphatic rings. The molecule has 5 nitrogen and oxygen atoms in total. The lowest BCUT2D eigenvalue weighted by Gasteiger charge is -2.12. The van der Waals surface area contributed by atoms with Crippen LogP contribution in [0.25, 0.3) is 0 Å². The van der Waals surface area contributed by atoms with Crippen molar-refractivity contribution in [3.63, 3.8) is 0 Å². The number of ketones is 1. The average molecular weight is 416 g/mol. The van der Waals surface area contributed by atoms with Crippen LogP contribution in [-0.2, 0) is 4.74 Å². The number of nitrogens with zero attached hydrogens (tertiary/aromatic N) is 2. The number of halogens is 2. The van der Waals surface area contributed by atoms with Gasteiger partial charge in [0.2, 0.25) is 5.78 Å². The van der Waals surface area contributed by atoms with Crippen molar-refractivity contribution < 1.29 is 14.3 Å². The minimum atomic E-state index is -0.951. The first-order chi connectivity index (χ1) is 10.9. The molecule has 8 heteroatoms. The van der Waals surface area contributed by atoms with Crippen LogP contribution < -0.4 is 0 Å². The molecule has 0 unspecified atom stereocenters. The Hall–Kier alpha value is -1.44. The van der Waals surface area contributed by atoms with E-state index in [1.807, 2.05) is 0 Å². The topological polar surface area (TPSA) is 69.2 Å². The Morgan fingerprint density at radius 2 is 1.96 bits per heavy atom. The van der Waals surface area contributed by atoms with Crippen LogP contribution >= 0.6 is 39.3 Å². The molecule has 0 aliphatic carbocycles. The van der Waals surface area contributed by atoms with Crippen LogP contribution in [0.5, 0.6) is 0 Å². The van der Waals surface area contributed by atoms with E-state index in [4.69, 9.17) is 16.3 Å². The van der Waals surface area contributed by atoms with Crippen molar-refractivity contribution in [2.45, 2.75) is 18.2 Å². The van der Waals surface area contributed by atoms with Crippen molar-refractivity contribution in [3.8, 4) is 0 Å². The number of thioether (sulfide) groups is 1. The largest absolute Gasteiger partial charge is 0.449 e. The van der Waals surface area contributed by atoms with Gasteiger partial charge in [-0.1, -0.05) is 51.4 Å². The van der Waals surface area contributed by atoms with Gasteiger partial charge in [0, 0.05) is 10.0 Å². The number of aromatic nitrogens is 2. The van der Waals surface area contributed by atoms with Gasteiger partial charge in [0.15, 0.2) is 17.0 Å². The maximum absolute atomic E-state index is 12.3. The van der Waals surface area contributed by atoms with Crippen LogP contribution in [0.1, 0.15) is 27.8 Å². The van der Waals surface area contributed by atoms with Crippen molar-refractivity contribution in [3.05, 3.63) is 51.2 Å². The summed E-state index contributed by atoms with van der Waals surface area (Å²) in [5.41, 5.74) is 0.397. The highest BCUT2D eigenvalue weighted by molar-refractivity contribution is 9.10. The molecule has 0 saturated heterocycles. The van der Waals surface area contributed by atoms with Crippen LogP contribution in [-0.4, -0.2) is 34.1 Å². The molecule has 0 radical (unpaired) electrons. The fourth-order valence-electron chi connectivity index (χ4n) is 1.71. The van der Waals surface area contributed by atoms with Gasteiger partial charge >= 0.3 is 5.97 Å². The van der Waals surface area contributed by atoms with Gasteiger partial charge in [-0.25, -0.2) is 14.8 Å². The normalized spacial score (nSPS) is 11.8. The van der Waals surface area contributed by atoms with E-state index in [9.17, 15) is 9.59 Å². The fraction of sp³-hybridized carbons (Fsp3) is 0.200. The standard InChI is InChI=1S/C15H12BrClN2O3S/c1-8(13(20)9-3-5-10(16)6-4-9)22-14(21)12-11(17)7-18-15(19-12)23-2/h3-8H,1-2H3/t8-/m0/s1. The Kier molecular flexibility index (Phi) is 6.15. The second-order valence-electron chi connectivity index (χ2n) is 4.47. The molecule has 0 spiro atoms. The van der Waals surface area contributed by atoms with Crippen molar-refractivity contribution in [1.29, 1.82) is 0 Å². The zero-order valence-electron chi connectivity index (χ0n) is 12.2. The van der Waals surface area contributed by atoms with Crippen molar-refractivity contribution in [2.75, 3.05) is 6.26 Å². The quantitative estimate of drug-likeness (QED) is 0.318. The number of hydrogen-bond donors (Lipinski definition) is 0. The van der Waals surface area contributed by atoms with Crippen LogP contribution in [0.15, 0.2) is 40.1 Å². The second-order valence-corrected chi connectivity index (χ2v) is 6.57. The van der Waals surface area contributed by atoms with E-state index in [0.717, 1.165) is 4.47 Å². The summed E-state index contributed by atoms with van der Waals surface area (Å²) in [5, 5.41) is 0.476. The first kappa shape index (κ1) is 17.9. The van der Waals surface area contributed by atoms with Gasteiger partial charge in [-0.05, 0) is 25.3 Å². The smallest absolute Gasteiger partial charge is 0.359 e. The summed E-state index contributed by atoms with van der Waals surface area (Å²) < 4.78 is 6.04. The predicted octanol–water partition coefficient (Wildman–Crippen LogP) is 4.04. The highest BCUT2D eigenvalue weighted by Crippen LogP contribution is 2.19. The zero-order valence-corrected chi connectivity index (χ0v) is 15.4. The van der Waals surface area contributed by atoms with E-state index < -0.39 is 12.1 Å². The summed E-state index contributed by atoms with van der Waals surface area (Å²) in [6.07, 6.45) is 2.16. The van der Waals surface area contributed by atoms with Gasteiger partial charge in [0.25, 0.3) is 0 Å². The molecular weight excluding hydrogens is 404 g/mol. The molecule has 1 atom stereocenters. The molecule has 2 rings (SSSR count). The molecule has 0 bridgehead atoms. The predicted molar refractivity (Wildman–Crippen MR) is 92.2 cm³/mol. The molecule has 0 saturated carbocycles. The first-order valence-electron chi connectivity index (χ1n) is 6.49. The lowest BCUT2D eigenvalue weighted by molar-refractivity contribution is 0.0312. The number of rotatable bonds is 5. The van der Waals surface area contributed by atoms with E-state index >= 15 is 0 Å². The Balaban J connectivity index is 2.13. The van der Waals surface area contributed by atoms with Crippen LogP contribution in [0.3, 0.4) is 0 Å². The monoisotopic (exact) mass is 414 g/mol. The van der Waals surface area contributed by atoms with Crippen molar-refractivity contribution >= 4 is 51.0 Å². The summed E-state index contributed by atoms with van der Waals surface area (Å²) in [7, 11) is 0. The average Bonchev–Trinajstić information content (AvgIpc) is 2.55. The van der Waals surface area contributed by atoms with Crippen molar-refractivity contribution in [1.82, 2.24) is 9.97 Å². The highest BCUT2D eigenvalue weighted by Gasteiger charge is 2.23. The third kappa shape index (κ3) is 4.53. The van der Waals surface area contributed by atoms with E-state index in [1.165, 1.54) is 24.9 Å². The maximum Gasteiger partial charge on any atom is 0.359 e. The lowest BCUT2D eigenvalue weighted by Crippen LogP contribution is -2.25. The summed E-state index contributed by atoms with van der Waals surface area (Å²) in [6.45, 7) is 1.51. The molecule has 0 aliphatic heterocycles. The van der Waals surface area contributed by atoms with Gasteiger partial charge in [-0.3, -0.25) is 4.79 Å². The van der Waals surface area contributed by atoms with Crippen LogP contribution in [0, 0.1) is 0 Å². The van der Waals surface area contributed by atoms with E-state index in [-0.39, 0.29) is 16.5 Å². The molecule has 2 aromatic rings. The first-order valence-corrected chi connectivity index (χ1v) is 8.89. The second kappa shape index (κ2) is 7.90. The molecule has 1 aromatic heterocycles. The van der Waals surface area contributed by atoms with Gasteiger partial charge in [0.05, 0.1) is 11.2 Å². The number of esters is 1. The highest BCUT2D eigenvalue weighted by atomic mass is 79.9. The van der Waals surface area contributed by atoms with Gasteiger partial charge in [0.1, 0.15) is 0 Å². The number of carbonyl (C=O) groups excluding carboxylic acids is 2. The Labute approximate surface area is 150 Å². The number of carbonyl (C=O) groups is 2. The minimum Gasteiger partial charge on any atom is -0.449 e. The molecule has 23 heavy (non-hydrogen) atoms. The SMILES string of the molecule is CSc1ncc(Cl)c(C(=O)O[C@@H](C)C(=O)c2ccc(Br)cc2)n1. The Morgan fingerprint density at radius 3 is 2.57 bits per heavy atom.